The highest BCUT2D eigenvalue weighted by atomic mass is 32.1. The Morgan fingerprint density at radius 3 is 2.68 bits per heavy atom. The Balaban J connectivity index is 2.12. The maximum absolute atomic E-state index is 3.45. The number of hydrogen-bond donors (Lipinski definition) is 1. The van der Waals surface area contributed by atoms with Gasteiger partial charge in [-0.15, -0.1) is 11.3 Å². The molecule has 2 aromatic carbocycles. The normalized spacial score (nSPS) is 12.7. The minimum absolute atomic E-state index is 0.260. The average molecular weight is 267 g/mol. The molecule has 0 saturated heterocycles. The largest absolute Gasteiger partial charge is 0.309 e. The van der Waals surface area contributed by atoms with Crippen LogP contribution in [0.4, 0.5) is 0 Å². The third-order valence-corrected chi connectivity index (χ3v) is 4.47. The molecule has 1 aromatic heterocycles. The van der Waals surface area contributed by atoms with Crippen molar-refractivity contribution in [2.45, 2.75) is 13.0 Å². The van der Waals surface area contributed by atoms with E-state index in [1.165, 1.54) is 26.8 Å². The Labute approximate surface area is 117 Å². The molecule has 0 amide bonds. The molecule has 0 saturated carbocycles. The van der Waals surface area contributed by atoms with Crippen molar-refractivity contribution in [3.8, 4) is 0 Å². The molecule has 0 bridgehead atoms. The lowest BCUT2D eigenvalue weighted by atomic mass is 9.97. The van der Waals surface area contributed by atoms with Crippen LogP contribution in [0.25, 0.3) is 10.1 Å². The van der Waals surface area contributed by atoms with E-state index in [2.05, 4.69) is 66.2 Å². The van der Waals surface area contributed by atoms with E-state index in [9.17, 15) is 0 Å². The first kappa shape index (κ1) is 12.4. The van der Waals surface area contributed by atoms with Crippen molar-refractivity contribution < 1.29 is 0 Å². The summed E-state index contributed by atoms with van der Waals surface area (Å²) in [6, 6.07) is 17.6. The maximum atomic E-state index is 3.45. The van der Waals surface area contributed by atoms with Gasteiger partial charge < -0.3 is 5.32 Å². The summed E-state index contributed by atoms with van der Waals surface area (Å²) in [6.45, 7) is 2.14. The van der Waals surface area contributed by atoms with E-state index in [0.29, 0.717) is 0 Å². The SMILES string of the molecule is CNC(c1cccc(C)c1)c1csc2ccccc12. The molecule has 0 spiro atoms. The summed E-state index contributed by atoms with van der Waals surface area (Å²) in [7, 11) is 2.03. The molecular weight excluding hydrogens is 250 g/mol. The second-order valence-electron chi connectivity index (χ2n) is 4.82. The third-order valence-electron chi connectivity index (χ3n) is 3.49. The number of thiophene rings is 1. The number of aryl methyl sites for hydroxylation is 1. The van der Waals surface area contributed by atoms with E-state index in [0.717, 1.165) is 0 Å². The second-order valence-corrected chi connectivity index (χ2v) is 5.73. The Bertz CT molecular complexity index is 699. The van der Waals surface area contributed by atoms with Crippen molar-refractivity contribution >= 4 is 21.4 Å². The molecule has 3 rings (SSSR count). The van der Waals surface area contributed by atoms with E-state index in [1.54, 1.807) is 0 Å². The second kappa shape index (κ2) is 5.16. The number of nitrogens with one attached hydrogen (secondary N) is 1. The minimum atomic E-state index is 0.260. The van der Waals surface area contributed by atoms with E-state index in [-0.39, 0.29) is 6.04 Å². The van der Waals surface area contributed by atoms with Gasteiger partial charge in [-0.2, -0.15) is 0 Å². The van der Waals surface area contributed by atoms with Gasteiger partial charge in [0, 0.05) is 4.70 Å². The predicted octanol–water partition coefficient (Wildman–Crippen LogP) is 4.52. The average Bonchev–Trinajstić information content (AvgIpc) is 2.84. The molecule has 1 nitrogen and oxygen atoms in total. The molecule has 0 aliphatic carbocycles. The Morgan fingerprint density at radius 2 is 1.89 bits per heavy atom. The smallest absolute Gasteiger partial charge is 0.0588 e. The van der Waals surface area contributed by atoms with E-state index in [4.69, 9.17) is 0 Å². The van der Waals surface area contributed by atoms with Crippen LogP contribution in [-0.4, -0.2) is 7.05 Å². The molecule has 0 aliphatic heterocycles. The molecule has 3 aromatic rings. The van der Waals surface area contributed by atoms with Crippen molar-refractivity contribution in [2.24, 2.45) is 0 Å². The Hall–Kier alpha value is -1.64. The molecule has 2 heteroatoms. The number of fused-ring (bicyclic) bond motifs is 1. The van der Waals surface area contributed by atoms with Gasteiger partial charge in [0.15, 0.2) is 0 Å². The van der Waals surface area contributed by atoms with Crippen LogP contribution in [0, 0.1) is 6.92 Å². The highest BCUT2D eigenvalue weighted by Gasteiger charge is 2.15. The van der Waals surface area contributed by atoms with Gasteiger partial charge in [0.05, 0.1) is 6.04 Å². The summed E-state index contributed by atoms with van der Waals surface area (Å²) >= 11 is 1.82. The topological polar surface area (TPSA) is 12.0 Å². The van der Waals surface area contributed by atoms with E-state index >= 15 is 0 Å². The van der Waals surface area contributed by atoms with Gasteiger partial charge >= 0.3 is 0 Å². The summed E-state index contributed by atoms with van der Waals surface area (Å²) in [5, 5.41) is 7.07. The first-order valence-electron chi connectivity index (χ1n) is 6.49. The Morgan fingerprint density at radius 1 is 1.05 bits per heavy atom. The lowest BCUT2D eigenvalue weighted by Gasteiger charge is -2.17. The molecule has 1 N–H and O–H groups in total. The van der Waals surface area contributed by atoms with Crippen LogP contribution in [-0.2, 0) is 0 Å². The van der Waals surface area contributed by atoms with Crippen LogP contribution in [0.2, 0.25) is 0 Å². The van der Waals surface area contributed by atoms with Crippen LogP contribution in [0.5, 0.6) is 0 Å². The van der Waals surface area contributed by atoms with Crippen molar-refractivity contribution in [3.63, 3.8) is 0 Å². The zero-order chi connectivity index (χ0) is 13.2. The van der Waals surface area contributed by atoms with E-state index < -0.39 is 0 Å². The van der Waals surface area contributed by atoms with Gasteiger partial charge in [-0.1, -0.05) is 48.0 Å². The molecular formula is C17H17NS. The van der Waals surface area contributed by atoms with Crippen LogP contribution in [0.1, 0.15) is 22.7 Å². The lowest BCUT2D eigenvalue weighted by molar-refractivity contribution is 0.698. The van der Waals surface area contributed by atoms with Crippen molar-refractivity contribution in [3.05, 3.63) is 70.6 Å². The summed E-state index contributed by atoms with van der Waals surface area (Å²) in [4.78, 5) is 0. The number of benzene rings is 2. The van der Waals surface area contributed by atoms with Crippen LogP contribution < -0.4 is 5.32 Å². The van der Waals surface area contributed by atoms with Crippen LogP contribution in [0.15, 0.2) is 53.9 Å². The highest BCUT2D eigenvalue weighted by molar-refractivity contribution is 7.17. The summed E-state index contributed by atoms with van der Waals surface area (Å²) in [5.41, 5.74) is 4.00. The highest BCUT2D eigenvalue weighted by Crippen LogP contribution is 2.33. The standard InChI is InChI=1S/C17H17NS/c1-12-6-5-7-13(10-12)17(18-2)15-11-19-16-9-4-3-8-14(15)16/h3-11,17-18H,1-2H3. The van der Waals surface area contributed by atoms with Gasteiger partial charge in [-0.3, -0.25) is 0 Å². The molecule has 0 radical (unpaired) electrons. The van der Waals surface area contributed by atoms with Crippen molar-refractivity contribution in [1.29, 1.82) is 0 Å². The summed E-state index contributed by atoms with van der Waals surface area (Å²) in [6.07, 6.45) is 0. The summed E-state index contributed by atoms with van der Waals surface area (Å²) in [5.74, 6) is 0. The maximum Gasteiger partial charge on any atom is 0.0588 e. The molecule has 1 unspecified atom stereocenters. The monoisotopic (exact) mass is 267 g/mol. The molecule has 1 heterocycles. The van der Waals surface area contributed by atoms with Crippen LogP contribution >= 0.6 is 11.3 Å². The first-order chi connectivity index (χ1) is 9.29. The minimum Gasteiger partial charge on any atom is -0.309 e. The first-order valence-corrected chi connectivity index (χ1v) is 7.37. The van der Waals surface area contributed by atoms with Gasteiger partial charge in [0.25, 0.3) is 0 Å². The lowest BCUT2D eigenvalue weighted by Crippen LogP contribution is -2.17. The van der Waals surface area contributed by atoms with Crippen molar-refractivity contribution in [2.75, 3.05) is 7.05 Å². The zero-order valence-corrected chi connectivity index (χ0v) is 12.0. The number of rotatable bonds is 3. The Kier molecular flexibility index (Phi) is 3.36. The van der Waals surface area contributed by atoms with Crippen molar-refractivity contribution in [1.82, 2.24) is 5.32 Å². The predicted molar refractivity (Wildman–Crippen MR) is 83.9 cm³/mol. The molecule has 96 valence electrons. The van der Waals surface area contributed by atoms with Gasteiger partial charge in [0.1, 0.15) is 0 Å². The molecule has 0 aliphatic rings. The quantitative estimate of drug-likeness (QED) is 0.735. The van der Waals surface area contributed by atoms with Gasteiger partial charge in [-0.05, 0) is 41.9 Å². The van der Waals surface area contributed by atoms with Gasteiger partial charge in [0.2, 0.25) is 0 Å². The summed E-state index contributed by atoms with van der Waals surface area (Å²) < 4.78 is 1.35. The fourth-order valence-electron chi connectivity index (χ4n) is 2.57. The third kappa shape index (κ3) is 2.29. The fraction of sp³-hybridized carbons (Fsp3) is 0.176. The zero-order valence-electron chi connectivity index (χ0n) is 11.2. The van der Waals surface area contributed by atoms with E-state index in [1.807, 2.05) is 18.4 Å². The van der Waals surface area contributed by atoms with Crippen LogP contribution in [0.3, 0.4) is 0 Å². The molecule has 1 atom stereocenters. The molecule has 19 heavy (non-hydrogen) atoms. The molecule has 0 fully saturated rings. The number of hydrogen-bond acceptors (Lipinski definition) is 2. The fourth-order valence-corrected chi connectivity index (χ4v) is 3.56. The van der Waals surface area contributed by atoms with Gasteiger partial charge in [-0.25, -0.2) is 0 Å².